The summed E-state index contributed by atoms with van der Waals surface area (Å²) in [7, 11) is 0. The number of ether oxygens (including phenoxy) is 1. The van der Waals surface area contributed by atoms with Gasteiger partial charge in [0.1, 0.15) is 11.6 Å². The number of aryl methyl sites for hydroxylation is 2. The van der Waals surface area contributed by atoms with Gasteiger partial charge in [-0.15, -0.1) is 0 Å². The number of hydrogen-bond acceptors (Lipinski definition) is 3. The summed E-state index contributed by atoms with van der Waals surface area (Å²) < 4.78 is 42.6. The summed E-state index contributed by atoms with van der Waals surface area (Å²) in [5, 5.41) is 0. The lowest BCUT2D eigenvalue weighted by atomic mass is 10.2. The van der Waals surface area contributed by atoms with Crippen molar-refractivity contribution in [1.29, 1.82) is 0 Å². The van der Waals surface area contributed by atoms with Gasteiger partial charge in [-0.25, -0.2) is 4.98 Å². The average Bonchev–Trinajstić information content (AvgIpc) is 2.26. The highest BCUT2D eigenvalue weighted by molar-refractivity contribution is 5.32. The van der Waals surface area contributed by atoms with Crippen molar-refractivity contribution in [2.75, 3.05) is 0 Å². The molecule has 0 unspecified atom stereocenters. The summed E-state index contributed by atoms with van der Waals surface area (Å²) in [6.45, 7) is 3.50. The first kappa shape index (κ1) is 13.3. The van der Waals surface area contributed by atoms with Crippen LogP contribution < -0.4 is 4.74 Å². The van der Waals surface area contributed by atoms with Crippen molar-refractivity contribution in [3.05, 3.63) is 47.4 Å². The first-order chi connectivity index (χ1) is 8.84. The molecule has 0 aliphatic carbocycles. The van der Waals surface area contributed by atoms with E-state index in [0.29, 0.717) is 17.5 Å². The van der Waals surface area contributed by atoms with Gasteiger partial charge >= 0.3 is 6.18 Å². The van der Waals surface area contributed by atoms with Crippen LogP contribution in [-0.4, -0.2) is 9.97 Å². The van der Waals surface area contributed by atoms with Crippen LogP contribution >= 0.6 is 0 Å². The Kier molecular flexibility index (Phi) is 3.42. The standard InChI is InChI=1S/C13H11F3N2O/c1-8-7-12(18-9(2)17-8)19-11-5-3-10(4-6-11)13(14,15)16/h3-7H,1-2H3. The number of hydrogen-bond donors (Lipinski definition) is 0. The molecule has 100 valence electrons. The lowest BCUT2D eigenvalue weighted by Gasteiger charge is -2.09. The normalized spacial score (nSPS) is 11.4. The van der Waals surface area contributed by atoms with Gasteiger partial charge in [0, 0.05) is 11.8 Å². The van der Waals surface area contributed by atoms with Crippen LogP contribution in [0.4, 0.5) is 13.2 Å². The molecule has 0 N–H and O–H groups in total. The van der Waals surface area contributed by atoms with E-state index in [1.807, 2.05) is 0 Å². The van der Waals surface area contributed by atoms with Crippen LogP contribution in [-0.2, 0) is 6.18 Å². The number of nitrogens with zero attached hydrogens (tertiary/aromatic N) is 2. The molecule has 3 nitrogen and oxygen atoms in total. The summed E-state index contributed by atoms with van der Waals surface area (Å²) in [4.78, 5) is 8.13. The summed E-state index contributed by atoms with van der Waals surface area (Å²) in [6.07, 6.45) is -4.35. The predicted molar refractivity (Wildman–Crippen MR) is 63.0 cm³/mol. The Morgan fingerprint density at radius 2 is 1.63 bits per heavy atom. The Morgan fingerprint density at radius 3 is 2.16 bits per heavy atom. The van der Waals surface area contributed by atoms with Crippen molar-refractivity contribution in [2.45, 2.75) is 20.0 Å². The van der Waals surface area contributed by atoms with E-state index in [9.17, 15) is 13.2 Å². The molecular formula is C13H11F3N2O. The van der Waals surface area contributed by atoms with E-state index in [1.54, 1.807) is 19.9 Å². The zero-order valence-electron chi connectivity index (χ0n) is 10.3. The molecule has 0 saturated heterocycles. The van der Waals surface area contributed by atoms with Gasteiger partial charge in [0.25, 0.3) is 0 Å². The molecule has 1 aromatic carbocycles. The molecule has 0 aliphatic heterocycles. The molecule has 0 aliphatic rings. The molecule has 19 heavy (non-hydrogen) atoms. The van der Waals surface area contributed by atoms with Gasteiger partial charge in [0.15, 0.2) is 0 Å². The van der Waals surface area contributed by atoms with Crippen molar-refractivity contribution in [3.63, 3.8) is 0 Å². The van der Waals surface area contributed by atoms with E-state index in [-0.39, 0.29) is 0 Å². The maximum atomic E-state index is 12.4. The Bertz CT molecular complexity index is 559. The second-order valence-electron chi connectivity index (χ2n) is 4.02. The fourth-order valence-corrected chi connectivity index (χ4v) is 1.57. The Balaban J connectivity index is 2.20. The molecule has 0 amide bonds. The maximum absolute atomic E-state index is 12.4. The molecule has 0 spiro atoms. The van der Waals surface area contributed by atoms with Crippen molar-refractivity contribution >= 4 is 0 Å². The van der Waals surface area contributed by atoms with E-state index in [0.717, 1.165) is 17.8 Å². The van der Waals surface area contributed by atoms with Gasteiger partial charge in [0.05, 0.1) is 5.56 Å². The van der Waals surface area contributed by atoms with Gasteiger partial charge in [-0.3, -0.25) is 0 Å². The third-order valence-electron chi connectivity index (χ3n) is 2.35. The SMILES string of the molecule is Cc1cc(Oc2ccc(C(F)(F)F)cc2)nc(C)n1. The second kappa shape index (κ2) is 4.87. The Hall–Kier alpha value is -2.11. The van der Waals surface area contributed by atoms with E-state index in [4.69, 9.17) is 4.74 Å². The average molecular weight is 268 g/mol. The third kappa shape index (κ3) is 3.43. The molecule has 0 fully saturated rings. The predicted octanol–water partition coefficient (Wildman–Crippen LogP) is 3.90. The minimum Gasteiger partial charge on any atom is -0.439 e. The molecule has 0 atom stereocenters. The highest BCUT2D eigenvalue weighted by Gasteiger charge is 2.30. The van der Waals surface area contributed by atoms with Crippen molar-refractivity contribution in [1.82, 2.24) is 9.97 Å². The topological polar surface area (TPSA) is 35.0 Å². The summed E-state index contributed by atoms with van der Waals surface area (Å²) in [6, 6.07) is 6.07. The minimum absolute atomic E-state index is 0.297. The van der Waals surface area contributed by atoms with Crippen molar-refractivity contribution in [2.24, 2.45) is 0 Å². The minimum atomic E-state index is -4.35. The highest BCUT2D eigenvalue weighted by Crippen LogP contribution is 2.31. The van der Waals surface area contributed by atoms with Crippen molar-refractivity contribution in [3.8, 4) is 11.6 Å². The molecule has 0 bridgehead atoms. The number of alkyl halides is 3. The zero-order valence-corrected chi connectivity index (χ0v) is 10.3. The molecule has 6 heteroatoms. The van der Waals surface area contributed by atoms with E-state index in [1.165, 1.54) is 12.1 Å². The third-order valence-corrected chi connectivity index (χ3v) is 2.35. The van der Waals surface area contributed by atoms with Gasteiger partial charge in [0.2, 0.25) is 5.88 Å². The van der Waals surface area contributed by atoms with Crippen LogP contribution in [0.25, 0.3) is 0 Å². The number of benzene rings is 1. The number of halogens is 3. The zero-order chi connectivity index (χ0) is 14.0. The van der Waals surface area contributed by atoms with Crippen LogP contribution in [0.2, 0.25) is 0 Å². The quantitative estimate of drug-likeness (QED) is 0.828. The fourth-order valence-electron chi connectivity index (χ4n) is 1.57. The lowest BCUT2D eigenvalue weighted by molar-refractivity contribution is -0.137. The number of aromatic nitrogens is 2. The molecule has 1 aromatic heterocycles. The maximum Gasteiger partial charge on any atom is 0.416 e. The second-order valence-corrected chi connectivity index (χ2v) is 4.02. The van der Waals surface area contributed by atoms with Gasteiger partial charge in [-0.1, -0.05) is 0 Å². The van der Waals surface area contributed by atoms with Crippen LogP contribution in [0.3, 0.4) is 0 Å². The molecule has 2 aromatic rings. The molecule has 1 heterocycles. The first-order valence-electron chi connectivity index (χ1n) is 5.52. The lowest BCUT2D eigenvalue weighted by Crippen LogP contribution is -2.04. The summed E-state index contributed by atoms with van der Waals surface area (Å²) in [5.41, 5.74) is 0.0179. The van der Waals surface area contributed by atoms with Crippen molar-refractivity contribution < 1.29 is 17.9 Å². The first-order valence-corrected chi connectivity index (χ1v) is 5.52. The smallest absolute Gasteiger partial charge is 0.416 e. The monoisotopic (exact) mass is 268 g/mol. The van der Waals surface area contributed by atoms with Crippen LogP contribution in [0, 0.1) is 13.8 Å². The van der Waals surface area contributed by atoms with Gasteiger partial charge in [-0.2, -0.15) is 18.2 Å². The highest BCUT2D eigenvalue weighted by atomic mass is 19.4. The Morgan fingerprint density at radius 1 is 1.00 bits per heavy atom. The van der Waals surface area contributed by atoms with Crippen LogP contribution in [0.5, 0.6) is 11.6 Å². The number of rotatable bonds is 2. The summed E-state index contributed by atoms with van der Waals surface area (Å²) >= 11 is 0. The summed E-state index contributed by atoms with van der Waals surface area (Å²) in [5.74, 6) is 1.15. The van der Waals surface area contributed by atoms with Gasteiger partial charge < -0.3 is 4.74 Å². The molecule has 0 saturated carbocycles. The fraction of sp³-hybridized carbons (Fsp3) is 0.231. The largest absolute Gasteiger partial charge is 0.439 e. The van der Waals surface area contributed by atoms with Gasteiger partial charge in [-0.05, 0) is 38.1 Å². The molecule has 2 rings (SSSR count). The Labute approximate surface area is 108 Å². The van der Waals surface area contributed by atoms with Crippen LogP contribution in [0.1, 0.15) is 17.1 Å². The van der Waals surface area contributed by atoms with E-state index >= 15 is 0 Å². The molecule has 0 radical (unpaired) electrons. The van der Waals surface area contributed by atoms with Crippen LogP contribution in [0.15, 0.2) is 30.3 Å². The molecular weight excluding hydrogens is 257 g/mol. The van der Waals surface area contributed by atoms with E-state index in [2.05, 4.69) is 9.97 Å². The van der Waals surface area contributed by atoms with E-state index < -0.39 is 11.7 Å².